The van der Waals surface area contributed by atoms with Gasteiger partial charge in [-0.05, 0) is 78.4 Å². The van der Waals surface area contributed by atoms with Crippen molar-refractivity contribution in [3.8, 4) is 22.8 Å². The highest BCUT2D eigenvalue weighted by atomic mass is 35.5. The number of benzene rings is 3. The van der Waals surface area contributed by atoms with Gasteiger partial charge in [0.05, 0.1) is 30.5 Å². The fraction of sp³-hybridized carbons (Fsp3) is 0.176. The third kappa shape index (κ3) is 4.40. The summed E-state index contributed by atoms with van der Waals surface area (Å²) in [6.07, 6.45) is 3.49. The molecule has 0 unspecified atom stereocenters. The second-order valence-corrected chi connectivity index (χ2v) is 11.8. The molecule has 6 nitrogen and oxygen atoms in total. The number of hydrogen-bond acceptors (Lipinski definition) is 6. The van der Waals surface area contributed by atoms with E-state index in [0.717, 1.165) is 46.4 Å². The maximum Gasteiger partial charge on any atom is 0.271 e. The predicted molar refractivity (Wildman–Crippen MR) is 166 cm³/mol. The van der Waals surface area contributed by atoms with Crippen molar-refractivity contribution >= 4 is 34.7 Å². The van der Waals surface area contributed by atoms with Gasteiger partial charge in [0.1, 0.15) is 11.5 Å². The molecule has 0 saturated heterocycles. The molecule has 3 aromatic carbocycles. The standard InChI is InChI=1S/C34H27ClN2O4S/c1-19-8-11-22(35)17-26(19)27-15-12-23(41-27)18-30-33(38)37-32(21-10-14-28(39-2)29(16-21)40-3)25-13-9-20-6-4-5-7-24(20)31(25)36-34(37)42-30/h4-8,10-12,14-18,32H,9,13H2,1-3H3/b30-18-/t32-/m0/s1. The molecular formula is C34H27ClN2O4S. The summed E-state index contributed by atoms with van der Waals surface area (Å²) in [5, 5.41) is 0.641. The molecule has 0 fully saturated rings. The molecule has 0 amide bonds. The molecule has 210 valence electrons. The molecule has 2 aromatic heterocycles. The number of rotatable bonds is 5. The number of thiazole rings is 1. The van der Waals surface area contributed by atoms with Crippen LogP contribution in [-0.2, 0) is 6.42 Å². The van der Waals surface area contributed by atoms with Crippen LogP contribution in [0.1, 0.15) is 40.5 Å². The third-order valence-corrected chi connectivity index (χ3v) is 9.18. The van der Waals surface area contributed by atoms with Gasteiger partial charge >= 0.3 is 0 Å². The number of fused-ring (bicyclic) bond motifs is 3. The number of aryl methyl sites for hydroxylation is 2. The average molecular weight is 595 g/mol. The quantitative estimate of drug-likeness (QED) is 0.231. The largest absolute Gasteiger partial charge is 0.493 e. The Bertz CT molecular complexity index is 2080. The molecule has 2 aliphatic rings. The van der Waals surface area contributed by atoms with Crippen molar-refractivity contribution in [2.24, 2.45) is 4.99 Å². The van der Waals surface area contributed by atoms with E-state index in [0.29, 0.717) is 37.4 Å². The van der Waals surface area contributed by atoms with E-state index < -0.39 is 0 Å². The summed E-state index contributed by atoms with van der Waals surface area (Å²) in [5.41, 5.74) is 7.26. The van der Waals surface area contributed by atoms with Crippen molar-refractivity contribution in [2.75, 3.05) is 14.2 Å². The molecular weight excluding hydrogens is 568 g/mol. The van der Waals surface area contributed by atoms with Crippen LogP contribution in [0.5, 0.6) is 11.5 Å². The van der Waals surface area contributed by atoms with Crippen molar-refractivity contribution < 1.29 is 13.9 Å². The van der Waals surface area contributed by atoms with E-state index in [4.69, 9.17) is 30.5 Å². The summed E-state index contributed by atoms with van der Waals surface area (Å²) in [6, 6.07) is 23.4. The molecule has 0 saturated carbocycles. The topological polar surface area (TPSA) is 66.0 Å². The van der Waals surface area contributed by atoms with Crippen LogP contribution in [0.25, 0.3) is 23.1 Å². The lowest BCUT2D eigenvalue weighted by Crippen LogP contribution is -2.38. The van der Waals surface area contributed by atoms with Crippen molar-refractivity contribution in [2.45, 2.75) is 25.8 Å². The first kappa shape index (κ1) is 26.6. The Morgan fingerprint density at radius 1 is 0.976 bits per heavy atom. The maximum atomic E-state index is 14.1. The normalized spacial score (nSPS) is 16.0. The Labute approximate surface area is 251 Å². The number of methoxy groups -OCH3 is 2. The Hall–Kier alpha value is -4.33. The van der Waals surface area contributed by atoms with E-state index in [1.54, 1.807) is 20.3 Å². The molecule has 42 heavy (non-hydrogen) atoms. The first-order chi connectivity index (χ1) is 20.4. The third-order valence-electron chi connectivity index (χ3n) is 7.96. The van der Waals surface area contributed by atoms with E-state index in [1.165, 1.54) is 16.9 Å². The van der Waals surface area contributed by atoms with Crippen LogP contribution in [-0.4, -0.2) is 18.8 Å². The lowest BCUT2D eigenvalue weighted by atomic mass is 9.83. The van der Waals surface area contributed by atoms with Gasteiger partial charge in [0, 0.05) is 22.2 Å². The highest BCUT2D eigenvalue weighted by Crippen LogP contribution is 2.42. The van der Waals surface area contributed by atoms with Crippen LogP contribution in [0.15, 0.2) is 92.6 Å². The zero-order valence-electron chi connectivity index (χ0n) is 23.3. The van der Waals surface area contributed by atoms with E-state index in [1.807, 2.05) is 66.1 Å². The Morgan fingerprint density at radius 3 is 2.64 bits per heavy atom. The van der Waals surface area contributed by atoms with Crippen LogP contribution in [0.2, 0.25) is 5.02 Å². The Morgan fingerprint density at radius 2 is 1.81 bits per heavy atom. The van der Waals surface area contributed by atoms with Gasteiger partial charge in [-0.15, -0.1) is 0 Å². The molecule has 0 N–H and O–H groups in total. The molecule has 1 aliphatic heterocycles. The second-order valence-electron chi connectivity index (χ2n) is 10.4. The number of ether oxygens (including phenoxy) is 2. The van der Waals surface area contributed by atoms with Gasteiger partial charge in [-0.2, -0.15) is 0 Å². The van der Waals surface area contributed by atoms with Crippen LogP contribution >= 0.6 is 22.9 Å². The lowest BCUT2D eigenvalue weighted by Gasteiger charge is -2.31. The minimum absolute atomic E-state index is 0.110. The smallest absolute Gasteiger partial charge is 0.271 e. The average Bonchev–Trinajstić information content (AvgIpc) is 3.60. The highest BCUT2D eigenvalue weighted by Gasteiger charge is 2.33. The van der Waals surface area contributed by atoms with E-state index in [-0.39, 0.29) is 11.6 Å². The van der Waals surface area contributed by atoms with Crippen molar-refractivity contribution in [3.63, 3.8) is 0 Å². The van der Waals surface area contributed by atoms with Crippen molar-refractivity contribution in [1.29, 1.82) is 0 Å². The predicted octanol–water partition coefficient (Wildman–Crippen LogP) is 6.56. The summed E-state index contributed by atoms with van der Waals surface area (Å²) >= 11 is 7.62. The molecule has 1 atom stereocenters. The monoisotopic (exact) mass is 594 g/mol. The number of halogens is 1. The first-order valence-corrected chi connectivity index (χ1v) is 14.9. The molecule has 8 heteroatoms. The summed E-state index contributed by atoms with van der Waals surface area (Å²) in [7, 11) is 3.24. The molecule has 5 aromatic rings. The van der Waals surface area contributed by atoms with Gasteiger partial charge in [0.2, 0.25) is 0 Å². The van der Waals surface area contributed by atoms with Gasteiger partial charge in [0.25, 0.3) is 5.56 Å². The number of furan rings is 1. The highest BCUT2D eigenvalue weighted by molar-refractivity contribution is 7.07. The number of nitrogens with zero attached hydrogens (tertiary/aromatic N) is 2. The van der Waals surface area contributed by atoms with Crippen LogP contribution in [0, 0.1) is 6.92 Å². The first-order valence-electron chi connectivity index (χ1n) is 13.7. The van der Waals surface area contributed by atoms with E-state index >= 15 is 0 Å². The Balaban J connectivity index is 1.41. The Kier molecular flexibility index (Phi) is 6.64. The molecule has 0 radical (unpaired) electrons. The lowest BCUT2D eigenvalue weighted by molar-refractivity contribution is 0.354. The van der Waals surface area contributed by atoms with Crippen LogP contribution in [0.4, 0.5) is 0 Å². The second kappa shape index (κ2) is 10.5. The summed E-state index contributed by atoms with van der Waals surface area (Å²) in [6.45, 7) is 2.01. The summed E-state index contributed by atoms with van der Waals surface area (Å²) in [4.78, 5) is 19.9. The zero-order chi connectivity index (χ0) is 29.0. The molecule has 0 bridgehead atoms. The van der Waals surface area contributed by atoms with E-state index in [2.05, 4.69) is 18.2 Å². The molecule has 7 rings (SSSR count). The van der Waals surface area contributed by atoms with Gasteiger partial charge in [-0.1, -0.05) is 59.3 Å². The minimum Gasteiger partial charge on any atom is -0.493 e. The molecule has 0 spiro atoms. The van der Waals surface area contributed by atoms with E-state index in [9.17, 15) is 4.79 Å². The van der Waals surface area contributed by atoms with Gasteiger partial charge < -0.3 is 13.9 Å². The maximum absolute atomic E-state index is 14.1. The van der Waals surface area contributed by atoms with Gasteiger partial charge in [0.15, 0.2) is 16.3 Å². The van der Waals surface area contributed by atoms with Crippen LogP contribution < -0.4 is 24.4 Å². The number of allylic oxidation sites excluding steroid dienone is 1. The van der Waals surface area contributed by atoms with Gasteiger partial charge in [-0.25, -0.2) is 4.99 Å². The van der Waals surface area contributed by atoms with Crippen molar-refractivity contribution in [3.05, 3.63) is 131 Å². The zero-order valence-corrected chi connectivity index (χ0v) is 24.9. The summed E-state index contributed by atoms with van der Waals surface area (Å²) in [5.74, 6) is 2.54. The molecule has 1 aliphatic carbocycles. The minimum atomic E-state index is -0.326. The SMILES string of the molecule is COc1ccc([C@H]2C3=C(N=c4s/c(=C\c5ccc(-c6cc(Cl)ccc6C)o5)c(=O)n42)c2ccccc2CC3)cc1OC. The summed E-state index contributed by atoms with van der Waals surface area (Å²) < 4.78 is 19.7. The number of hydrogen-bond donors (Lipinski definition) is 0. The molecule has 3 heterocycles. The number of aromatic nitrogens is 1. The van der Waals surface area contributed by atoms with Gasteiger partial charge in [-0.3, -0.25) is 9.36 Å². The fourth-order valence-electron chi connectivity index (χ4n) is 5.91. The van der Waals surface area contributed by atoms with Crippen molar-refractivity contribution in [1.82, 2.24) is 4.57 Å². The van der Waals surface area contributed by atoms with Crippen LogP contribution in [0.3, 0.4) is 0 Å². The fourth-order valence-corrected chi connectivity index (χ4v) is 7.06.